The van der Waals surface area contributed by atoms with E-state index < -0.39 is 42.7 Å². The Balaban J connectivity index is 4.15. The van der Waals surface area contributed by atoms with Crippen LogP contribution in [0.15, 0.2) is 0 Å². The lowest BCUT2D eigenvalue weighted by Crippen LogP contribution is -2.41. The Kier molecular flexibility index (Phi) is 6.30. The van der Waals surface area contributed by atoms with E-state index in [0.29, 0.717) is 0 Å². The van der Waals surface area contributed by atoms with Gasteiger partial charge in [0.15, 0.2) is 0 Å². The maximum Gasteiger partial charge on any atom is 0.326 e. The largest absolute Gasteiger partial charge is 0.481 e. The smallest absolute Gasteiger partial charge is 0.326 e. The molecule has 0 unspecified atom stereocenters. The lowest BCUT2D eigenvalue weighted by Gasteiger charge is -2.12. The van der Waals surface area contributed by atoms with Crippen molar-refractivity contribution >= 4 is 23.8 Å². The maximum atomic E-state index is 11.1. The molecule has 0 aromatic heterocycles. The Hall–Kier alpha value is -2.12. The highest BCUT2D eigenvalue weighted by Crippen LogP contribution is 1.99. The van der Waals surface area contributed by atoms with Crippen molar-refractivity contribution in [1.82, 2.24) is 5.32 Å². The van der Waals surface area contributed by atoms with Gasteiger partial charge in [0.05, 0.1) is 6.42 Å². The van der Waals surface area contributed by atoms with Gasteiger partial charge in [-0.1, -0.05) is 0 Å². The van der Waals surface area contributed by atoms with Crippen LogP contribution in [0.1, 0.15) is 25.7 Å². The molecule has 0 saturated carbocycles. The number of carboxylic acid groups (broad SMARTS) is 3. The standard InChI is InChI=1S/C9H13NO7/c11-6(2-4-8(14)15)10-5(9(16)17)1-3-7(12)13/h5H,1-4H2,(H,10,11)(H,12,13)(H,14,15)(H,16,17)/t5-/m1/s1. The summed E-state index contributed by atoms with van der Waals surface area (Å²) in [6.45, 7) is 0. The number of amides is 1. The second kappa shape index (κ2) is 7.20. The van der Waals surface area contributed by atoms with Crippen molar-refractivity contribution in [3.05, 3.63) is 0 Å². The average molecular weight is 247 g/mol. The normalized spacial score (nSPS) is 11.5. The van der Waals surface area contributed by atoms with Crippen molar-refractivity contribution < 1.29 is 34.5 Å². The molecule has 17 heavy (non-hydrogen) atoms. The van der Waals surface area contributed by atoms with E-state index in [1.165, 1.54) is 0 Å². The van der Waals surface area contributed by atoms with E-state index >= 15 is 0 Å². The molecule has 0 radical (unpaired) electrons. The van der Waals surface area contributed by atoms with Crippen LogP contribution in [0.5, 0.6) is 0 Å². The highest BCUT2D eigenvalue weighted by atomic mass is 16.4. The van der Waals surface area contributed by atoms with Crippen molar-refractivity contribution in [2.24, 2.45) is 0 Å². The molecule has 0 aliphatic rings. The Morgan fingerprint density at radius 2 is 1.41 bits per heavy atom. The van der Waals surface area contributed by atoms with Crippen LogP contribution in [0.3, 0.4) is 0 Å². The fourth-order valence-corrected chi connectivity index (χ4v) is 1.01. The lowest BCUT2D eigenvalue weighted by molar-refractivity contribution is -0.143. The van der Waals surface area contributed by atoms with Gasteiger partial charge < -0.3 is 20.6 Å². The van der Waals surface area contributed by atoms with Gasteiger partial charge in [0.1, 0.15) is 6.04 Å². The predicted molar refractivity (Wildman–Crippen MR) is 53.3 cm³/mol. The minimum Gasteiger partial charge on any atom is -0.481 e. The number of hydrogen-bond donors (Lipinski definition) is 4. The number of carbonyl (C=O) groups is 4. The molecule has 0 rings (SSSR count). The molecule has 0 aliphatic heterocycles. The number of aliphatic carboxylic acids is 3. The Labute approximate surface area is 96.2 Å². The summed E-state index contributed by atoms with van der Waals surface area (Å²) in [6, 6.07) is -1.31. The quantitative estimate of drug-likeness (QED) is 0.443. The summed E-state index contributed by atoms with van der Waals surface area (Å²) in [4.78, 5) is 42.2. The van der Waals surface area contributed by atoms with Gasteiger partial charge in [-0.05, 0) is 6.42 Å². The third-order valence-corrected chi connectivity index (χ3v) is 1.85. The zero-order valence-electron chi connectivity index (χ0n) is 8.88. The van der Waals surface area contributed by atoms with Crippen LogP contribution in [-0.2, 0) is 19.2 Å². The summed E-state index contributed by atoms with van der Waals surface area (Å²) in [7, 11) is 0. The molecule has 0 saturated heterocycles. The SMILES string of the molecule is O=C(O)CCC(=O)N[C@H](CCC(=O)O)C(=O)O. The summed E-state index contributed by atoms with van der Waals surface area (Å²) < 4.78 is 0. The molecule has 0 spiro atoms. The van der Waals surface area contributed by atoms with Crippen molar-refractivity contribution in [3.8, 4) is 0 Å². The van der Waals surface area contributed by atoms with Crippen molar-refractivity contribution in [1.29, 1.82) is 0 Å². The third kappa shape index (κ3) is 7.77. The van der Waals surface area contributed by atoms with Crippen LogP contribution in [0, 0.1) is 0 Å². The molecule has 0 aromatic carbocycles. The summed E-state index contributed by atoms with van der Waals surface area (Å²) in [6.07, 6.45) is -1.39. The molecule has 0 heterocycles. The molecule has 0 bridgehead atoms. The van der Waals surface area contributed by atoms with Crippen LogP contribution in [-0.4, -0.2) is 45.2 Å². The van der Waals surface area contributed by atoms with E-state index in [1.807, 2.05) is 0 Å². The first-order valence-corrected chi connectivity index (χ1v) is 4.78. The molecule has 1 atom stereocenters. The summed E-state index contributed by atoms with van der Waals surface area (Å²) >= 11 is 0. The third-order valence-electron chi connectivity index (χ3n) is 1.85. The van der Waals surface area contributed by atoms with Crippen LogP contribution in [0.4, 0.5) is 0 Å². The zero-order chi connectivity index (χ0) is 13.4. The first kappa shape index (κ1) is 14.9. The molecule has 0 aromatic rings. The minimum absolute atomic E-state index is 0.247. The summed E-state index contributed by atoms with van der Waals surface area (Å²) in [5.41, 5.74) is 0. The number of carbonyl (C=O) groups excluding carboxylic acids is 1. The fourth-order valence-electron chi connectivity index (χ4n) is 1.01. The van der Waals surface area contributed by atoms with Gasteiger partial charge in [-0.3, -0.25) is 14.4 Å². The molecule has 96 valence electrons. The number of nitrogens with one attached hydrogen (secondary N) is 1. The first-order valence-electron chi connectivity index (χ1n) is 4.78. The molecular formula is C9H13NO7. The molecule has 8 nitrogen and oxygen atoms in total. The highest BCUT2D eigenvalue weighted by molar-refractivity contribution is 5.85. The molecule has 0 fully saturated rings. The van der Waals surface area contributed by atoms with Crippen LogP contribution >= 0.6 is 0 Å². The Bertz CT molecular complexity index is 325. The molecular weight excluding hydrogens is 234 g/mol. The van der Waals surface area contributed by atoms with Crippen LogP contribution < -0.4 is 5.32 Å². The van der Waals surface area contributed by atoms with E-state index in [0.717, 1.165) is 0 Å². The van der Waals surface area contributed by atoms with Crippen molar-refractivity contribution in [2.45, 2.75) is 31.7 Å². The van der Waals surface area contributed by atoms with E-state index in [1.54, 1.807) is 0 Å². The fraction of sp³-hybridized carbons (Fsp3) is 0.556. The summed E-state index contributed by atoms with van der Waals surface area (Å²) in [5.74, 6) is -4.42. The second-order valence-corrected chi connectivity index (χ2v) is 3.28. The van der Waals surface area contributed by atoms with Crippen molar-refractivity contribution in [2.75, 3.05) is 0 Å². The topological polar surface area (TPSA) is 141 Å². The van der Waals surface area contributed by atoms with Gasteiger partial charge in [-0.15, -0.1) is 0 Å². The molecule has 8 heteroatoms. The minimum atomic E-state index is -1.35. The van der Waals surface area contributed by atoms with Crippen LogP contribution in [0.2, 0.25) is 0 Å². The predicted octanol–water partition coefficient (Wildman–Crippen LogP) is -0.715. The first-order chi connectivity index (χ1) is 7.82. The van der Waals surface area contributed by atoms with Gasteiger partial charge >= 0.3 is 17.9 Å². The zero-order valence-corrected chi connectivity index (χ0v) is 8.88. The van der Waals surface area contributed by atoms with Gasteiger partial charge in [-0.25, -0.2) is 4.79 Å². The van der Waals surface area contributed by atoms with E-state index in [2.05, 4.69) is 5.32 Å². The number of rotatable bonds is 8. The molecule has 1 amide bonds. The van der Waals surface area contributed by atoms with E-state index in [4.69, 9.17) is 15.3 Å². The monoisotopic (exact) mass is 247 g/mol. The number of hydrogen-bond acceptors (Lipinski definition) is 4. The lowest BCUT2D eigenvalue weighted by atomic mass is 10.1. The van der Waals surface area contributed by atoms with Crippen molar-refractivity contribution in [3.63, 3.8) is 0 Å². The Morgan fingerprint density at radius 3 is 1.82 bits per heavy atom. The Morgan fingerprint density at radius 1 is 0.882 bits per heavy atom. The van der Waals surface area contributed by atoms with E-state index in [9.17, 15) is 19.2 Å². The number of carboxylic acids is 3. The highest BCUT2D eigenvalue weighted by Gasteiger charge is 2.20. The molecule has 4 N–H and O–H groups in total. The van der Waals surface area contributed by atoms with E-state index in [-0.39, 0.29) is 12.8 Å². The van der Waals surface area contributed by atoms with Gasteiger partial charge in [0, 0.05) is 12.8 Å². The summed E-state index contributed by atoms with van der Waals surface area (Å²) in [5, 5.41) is 27.4. The molecule has 0 aliphatic carbocycles. The second-order valence-electron chi connectivity index (χ2n) is 3.28. The maximum absolute atomic E-state index is 11.1. The van der Waals surface area contributed by atoms with Gasteiger partial charge in [-0.2, -0.15) is 0 Å². The van der Waals surface area contributed by atoms with Gasteiger partial charge in [0.2, 0.25) is 5.91 Å². The van der Waals surface area contributed by atoms with Crippen LogP contribution in [0.25, 0.3) is 0 Å². The van der Waals surface area contributed by atoms with Gasteiger partial charge in [0.25, 0.3) is 0 Å². The average Bonchev–Trinajstić information content (AvgIpc) is 2.20.